The number of hydrogen-bond acceptors (Lipinski definition) is 5. The second-order valence-electron chi connectivity index (χ2n) is 9.80. The number of ketones is 1. The zero-order chi connectivity index (χ0) is 24.0. The van der Waals surface area contributed by atoms with E-state index >= 15 is 0 Å². The average molecular weight is 450 g/mol. The predicted octanol–water partition coefficient (Wildman–Crippen LogP) is 5.33. The normalized spacial score (nSPS) is 19.8. The SMILES string of the molecule is Cc1[nH]nc(N2C(N)=C(C#N)C(c3ccccc3)C3=C2CC(C)(C)CC3=O)c1-c1ccccc1. The number of nitriles is 1. The van der Waals surface area contributed by atoms with Gasteiger partial charge in [-0.05, 0) is 29.9 Å². The molecule has 1 aromatic heterocycles. The number of rotatable bonds is 3. The third kappa shape index (κ3) is 3.41. The highest BCUT2D eigenvalue weighted by molar-refractivity contribution is 6.02. The Balaban J connectivity index is 1.80. The second kappa shape index (κ2) is 8.03. The number of Topliss-reactive ketones (excluding diaryl/α,β-unsaturated/α-hetero) is 1. The first-order valence-electron chi connectivity index (χ1n) is 11.4. The maximum Gasteiger partial charge on any atom is 0.168 e. The molecule has 0 saturated carbocycles. The van der Waals surface area contributed by atoms with Crippen molar-refractivity contribution in [3.8, 4) is 17.2 Å². The molecule has 1 atom stereocenters. The van der Waals surface area contributed by atoms with Gasteiger partial charge in [-0.2, -0.15) is 10.4 Å². The van der Waals surface area contributed by atoms with Gasteiger partial charge in [-0.3, -0.25) is 14.8 Å². The van der Waals surface area contributed by atoms with Gasteiger partial charge in [-0.15, -0.1) is 0 Å². The smallest absolute Gasteiger partial charge is 0.168 e. The van der Waals surface area contributed by atoms with Crippen molar-refractivity contribution < 1.29 is 4.79 Å². The van der Waals surface area contributed by atoms with Crippen molar-refractivity contribution in [2.45, 2.75) is 39.5 Å². The summed E-state index contributed by atoms with van der Waals surface area (Å²) in [5.74, 6) is 0.503. The van der Waals surface area contributed by atoms with Crippen molar-refractivity contribution in [1.82, 2.24) is 10.2 Å². The summed E-state index contributed by atoms with van der Waals surface area (Å²) < 4.78 is 0. The number of anilines is 1. The first kappa shape index (κ1) is 21.7. The van der Waals surface area contributed by atoms with Gasteiger partial charge in [0.1, 0.15) is 5.82 Å². The fourth-order valence-electron chi connectivity index (χ4n) is 5.26. The van der Waals surface area contributed by atoms with E-state index in [1.165, 1.54) is 0 Å². The molecule has 0 fully saturated rings. The van der Waals surface area contributed by atoms with Crippen molar-refractivity contribution in [1.29, 1.82) is 5.26 Å². The fraction of sp³-hybridized carbons (Fsp3) is 0.250. The minimum atomic E-state index is -0.485. The number of aromatic amines is 1. The zero-order valence-corrected chi connectivity index (χ0v) is 19.6. The van der Waals surface area contributed by atoms with Crippen LogP contribution in [0.25, 0.3) is 11.1 Å². The molecule has 0 saturated heterocycles. The minimum absolute atomic E-state index is 0.0545. The number of H-pyrrole nitrogens is 1. The number of aryl methyl sites for hydroxylation is 1. The Hall–Kier alpha value is -4.11. The lowest BCUT2D eigenvalue weighted by molar-refractivity contribution is -0.118. The molecule has 5 rings (SSSR count). The average Bonchev–Trinajstić information content (AvgIpc) is 3.19. The van der Waals surface area contributed by atoms with Crippen LogP contribution in [0.3, 0.4) is 0 Å². The van der Waals surface area contributed by atoms with Gasteiger partial charge in [0.2, 0.25) is 0 Å². The van der Waals surface area contributed by atoms with Crippen LogP contribution in [0.15, 0.2) is 83.3 Å². The highest BCUT2D eigenvalue weighted by atomic mass is 16.1. The highest BCUT2D eigenvalue weighted by Gasteiger charge is 2.45. The predicted molar refractivity (Wildman–Crippen MR) is 132 cm³/mol. The van der Waals surface area contributed by atoms with Gasteiger partial charge in [0.05, 0.1) is 17.6 Å². The summed E-state index contributed by atoms with van der Waals surface area (Å²) in [7, 11) is 0. The molecular weight excluding hydrogens is 422 g/mol. The maximum atomic E-state index is 13.6. The molecule has 1 aliphatic carbocycles. The Labute approximate surface area is 199 Å². The van der Waals surface area contributed by atoms with Gasteiger partial charge in [0.15, 0.2) is 11.6 Å². The Bertz CT molecular complexity index is 1370. The Morgan fingerprint density at radius 1 is 1.09 bits per heavy atom. The summed E-state index contributed by atoms with van der Waals surface area (Å²) >= 11 is 0. The lowest BCUT2D eigenvalue weighted by atomic mass is 9.68. The van der Waals surface area contributed by atoms with E-state index in [4.69, 9.17) is 5.73 Å². The molecule has 2 heterocycles. The van der Waals surface area contributed by atoms with Gasteiger partial charge in [0, 0.05) is 28.9 Å². The molecule has 3 aromatic rings. The van der Waals surface area contributed by atoms with Crippen LogP contribution in [0.2, 0.25) is 0 Å². The van der Waals surface area contributed by atoms with E-state index in [1.54, 1.807) is 0 Å². The molecule has 0 spiro atoms. The van der Waals surface area contributed by atoms with Crippen LogP contribution in [0, 0.1) is 23.7 Å². The third-order valence-electron chi connectivity index (χ3n) is 6.72. The largest absolute Gasteiger partial charge is 0.384 e. The van der Waals surface area contributed by atoms with E-state index in [-0.39, 0.29) is 11.2 Å². The van der Waals surface area contributed by atoms with Crippen LogP contribution >= 0.6 is 0 Å². The zero-order valence-electron chi connectivity index (χ0n) is 19.6. The van der Waals surface area contributed by atoms with Gasteiger partial charge in [-0.25, -0.2) is 0 Å². The van der Waals surface area contributed by atoms with Crippen LogP contribution in [-0.4, -0.2) is 16.0 Å². The molecule has 34 heavy (non-hydrogen) atoms. The molecule has 0 radical (unpaired) electrons. The molecule has 170 valence electrons. The van der Waals surface area contributed by atoms with Crippen LogP contribution in [0.5, 0.6) is 0 Å². The van der Waals surface area contributed by atoms with Crippen molar-refractivity contribution in [3.05, 3.63) is 94.6 Å². The number of aromatic nitrogens is 2. The fourth-order valence-corrected chi connectivity index (χ4v) is 5.26. The molecule has 2 aliphatic rings. The summed E-state index contributed by atoms with van der Waals surface area (Å²) in [6.45, 7) is 6.15. The Morgan fingerprint density at radius 3 is 2.38 bits per heavy atom. The number of nitrogens with two attached hydrogens (primary N) is 1. The molecule has 0 bridgehead atoms. The van der Waals surface area contributed by atoms with Crippen LogP contribution in [0.4, 0.5) is 5.82 Å². The Morgan fingerprint density at radius 2 is 1.74 bits per heavy atom. The number of carbonyl (C=O) groups excluding carboxylic acids is 1. The molecule has 2 aromatic carbocycles. The van der Waals surface area contributed by atoms with Crippen LogP contribution in [-0.2, 0) is 4.79 Å². The molecule has 6 heteroatoms. The summed E-state index contributed by atoms with van der Waals surface area (Å²) in [6, 6.07) is 22.0. The van der Waals surface area contributed by atoms with E-state index in [9.17, 15) is 10.1 Å². The summed E-state index contributed by atoms with van der Waals surface area (Å²) in [6.07, 6.45) is 1.07. The van der Waals surface area contributed by atoms with Gasteiger partial charge in [-0.1, -0.05) is 74.5 Å². The number of hydrogen-bond donors (Lipinski definition) is 2. The first-order chi connectivity index (χ1) is 16.3. The number of nitrogens with zero attached hydrogens (tertiary/aromatic N) is 3. The standard InChI is InChI=1S/C28H27N5O/c1-17-23(18-10-6-4-7-11-18)27(32-31-17)33-21-14-28(2,3)15-22(34)25(21)24(20(16-29)26(33)30)19-12-8-5-9-13-19/h4-13,24H,14-15,30H2,1-3H3,(H,31,32). The van der Waals surface area contributed by atoms with Gasteiger partial charge < -0.3 is 5.73 Å². The monoisotopic (exact) mass is 449 g/mol. The molecule has 1 unspecified atom stereocenters. The molecule has 1 aliphatic heterocycles. The quantitative estimate of drug-likeness (QED) is 0.563. The van der Waals surface area contributed by atoms with Crippen molar-refractivity contribution in [2.24, 2.45) is 11.1 Å². The number of carbonyl (C=O) groups is 1. The minimum Gasteiger partial charge on any atom is -0.384 e. The second-order valence-corrected chi connectivity index (χ2v) is 9.80. The van der Waals surface area contributed by atoms with E-state index in [1.807, 2.05) is 72.5 Å². The third-order valence-corrected chi connectivity index (χ3v) is 6.72. The first-order valence-corrected chi connectivity index (χ1v) is 11.4. The van der Waals surface area contributed by atoms with Crippen molar-refractivity contribution >= 4 is 11.6 Å². The van der Waals surface area contributed by atoms with Crippen LogP contribution < -0.4 is 10.6 Å². The number of allylic oxidation sites excluding steroid dienone is 3. The summed E-state index contributed by atoms with van der Waals surface area (Å²) in [5.41, 5.74) is 12.1. The highest BCUT2D eigenvalue weighted by Crippen LogP contribution is 2.51. The topological polar surface area (TPSA) is 98.8 Å². The van der Waals surface area contributed by atoms with E-state index < -0.39 is 5.92 Å². The van der Waals surface area contributed by atoms with Gasteiger partial charge >= 0.3 is 0 Å². The summed E-state index contributed by atoms with van der Waals surface area (Å²) in [4.78, 5) is 15.5. The van der Waals surface area contributed by atoms with Crippen LogP contribution in [0.1, 0.15) is 43.9 Å². The molecule has 3 N–H and O–H groups in total. The Kier molecular flexibility index (Phi) is 5.13. The van der Waals surface area contributed by atoms with Crippen molar-refractivity contribution in [3.63, 3.8) is 0 Å². The number of benzene rings is 2. The maximum absolute atomic E-state index is 13.6. The van der Waals surface area contributed by atoms with E-state index in [0.29, 0.717) is 35.6 Å². The van der Waals surface area contributed by atoms with Crippen molar-refractivity contribution in [2.75, 3.05) is 4.90 Å². The lowest BCUT2D eigenvalue weighted by Gasteiger charge is -2.43. The summed E-state index contributed by atoms with van der Waals surface area (Å²) in [5, 5.41) is 18.0. The molecular formula is C28H27N5O. The number of nitrogens with one attached hydrogen (secondary N) is 1. The van der Waals surface area contributed by atoms with E-state index in [2.05, 4.69) is 30.1 Å². The molecule has 0 amide bonds. The molecule has 6 nitrogen and oxygen atoms in total. The van der Waals surface area contributed by atoms with Gasteiger partial charge in [0.25, 0.3) is 0 Å². The van der Waals surface area contributed by atoms with E-state index in [0.717, 1.165) is 28.1 Å². The lowest BCUT2D eigenvalue weighted by Crippen LogP contribution is -2.42.